The van der Waals surface area contributed by atoms with E-state index in [9.17, 15) is 32.8 Å². The summed E-state index contributed by atoms with van der Waals surface area (Å²) in [5, 5.41) is 2.26. The number of rotatable bonds is 6. The summed E-state index contributed by atoms with van der Waals surface area (Å²) < 4.78 is 29.7. The van der Waals surface area contributed by atoms with Crippen molar-refractivity contribution in [2.24, 2.45) is 7.05 Å². The number of nitrogens with zero attached hydrogens (tertiary/aromatic N) is 3. The van der Waals surface area contributed by atoms with Crippen LogP contribution in [0.25, 0.3) is 0 Å². The normalized spacial score (nSPS) is 18.2. The number of halogens is 2. The van der Waals surface area contributed by atoms with E-state index >= 15 is 0 Å². The van der Waals surface area contributed by atoms with Crippen molar-refractivity contribution >= 4 is 23.5 Å². The Kier molecular flexibility index (Phi) is 5.73. The largest absolute Gasteiger partial charge is 0.384 e. The van der Waals surface area contributed by atoms with Crippen molar-refractivity contribution in [3.8, 4) is 0 Å². The summed E-state index contributed by atoms with van der Waals surface area (Å²) in [7, 11) is 1.17. The molecule has 1 aliphatic heterocycles. The van der Waals surface area contributed by atoms with E-state index < -0.39 is 63.8 Å². The van der Waals surface area contributed by atoms with Gasteiger partial charge in [0.25, 0.3) is 11.5 Å². The summed E-state index contributed by atoms with van der Waals surface area (Å²) in [6.07, 6.45) is 0.487. The summed E-state index contributed by atoms with van der Waals surface area (Å²) in [6.45, 7) is 2.18. The van der Waals surface area contributed by atoms with Gasteiger partial charge >= 0.3 is 11.7 Å². The molecule has 0 radical (unpaired) electrons. The Balaban J connectivity index is 2.00. The molecule has 170 valence electrons. The number of aromatic nitrogens is 2. The second-order valence-electron chi connectivity index (χ2n) is 7.55. The molecule has 2 heterocycles. The number of nitrogens with two attached hydrogens (primary N) is 1. The molecule has 1 aliphatic rings. The SMILES string of the molecule is CCCn1c(N)c(C(=O)CN2C(=O)NC(C)(c3cc(F)ccc3F)C2=O)c(=O)n(C)c1=O. The molecule has 0 saturated carbocycles. The third-order valence-electron chi connectivity index (χ3n) is 5.35. The van der Waals surface area contributed by atoms with Crippen molar-refractivity contribution in [2.75, 3.05) is 12.3 Å². The highest BCUT2D eigenvalue weighted by molar-refractivity contribution is 6.12. The van der Waals surface area contributed by atoms with Gasteiger partial charge in [0.05, 0.1) is 6.54 Å². The first-order valence-corrected chi connectivity index (χ1v) is 9.66. The zero-order valence-corrected chi connectivity index (χ0v) is 17.6. The maximum Gasteiger partial charge on any atom is 0.332 e. The number of carbonyl (C=O) groups is 3. The second-order valence-corrected chi connectivity index (χ2v) is 7.55. The van der Waals surface area contributed by atoms with E-state index in [4.69, 9.17) is 5.73 Å². The summed E-state index contributed by atoms with van der Waals surface area (Å²) in [5.41, 5.74) is 1.27. The van der Waals surface area contributed by atoms with Gasteiger partial charge in [-0.3, -0.25) is 28.4 Å². The van der Waals surface area contributed by atoms with Crippen LogP contribution in [0.1, 0.15) is 36.2 Å². The Bertz CT molecular complexity index is 1270. The summed E-state index contributed by atoms with van der Waals surface area (Å²) in [4.78, 5) is 63.6. The summed E-state index contributed by atoms with van der Waals surface area (Å²) >= 11 is 0. The van der Waals surface area contributed by atoms with E-state index in [0.717, 1.165) is 22.8 Å². The molecule has 3 N–H and O–H groups in total. The number of Topliss-reactive ketones (excluding diaryl/α,β-unsaturated/α-hetero) is 1. The van der Waals surface area contributed by atoms with E-state index in [-0.39, 0.29) is 12.4 Å². The number of hydrogen-bond donors (Lipinski definition) is 2. The summed E-state index contributed by atoms with van der Waals surface area (Å²) in [5.74, 6) is -4.14. The minimum absolute atomic E-state index is 0.138. The van der Waals surface area contributed by atoms with Crippen LogP contribution in [0, 0.1) is 11.6 Å². The highest BCUT2D eigenvalue weighted by atomic mass is 19.1. The van der Waals surface area contributed by atoms with Crippen LogP contribution in [0.3, 0.4) is 0 Å². The number of hydrogen-bond acceptors (Lipinski definition) is 6. The molecular formula is C20H21F2N5O5. The maximum absolute atomic E-state index is 14.3. The Labute approximate surface area is 180 Å². The van der Waals surface area contributed by atoms with Crippen molar-refractivity contribution in [3.05, 3.63) is 61.8 Å². The van der Waals surface area contributed by atoms with E-state index in [1.54, 1.807) is 6.92 Å². The number of ketones is 1. The molecule has 3 amide bonds. The van der Waals surface area contributed by atoms with Crippen LogP contribution in [-0.2, 0) is 23.9 Å². The zero-order valence-electron chi connectivity index (χ0n) is 17.6. The number of carbonyl (C=O) groups excluding carboxylic acids is 3. The fraction of sp³-hybridized carbons (Fsp3) is 0.350. The molecule has 1 fully saturated rings. The smallest absolute Gasteiger partial charge is 0.332 e. The standard InChI is InChI=1S/C20H21F2N5O5/c1-4-7-26-15(23)14(16(29)25(3)19(26)32)13(28)9-27-17(30)20(2,24-18(27)31)11-8-10(21)5-6-12(11)22/h5-6,8H,4,7,9,23H2,1-3H3,(H,24,31). The first kappa shape index (κ1) is 22.8. The molecule has 2 aromatic rings. The van der Waals surface area contributed by atoms with Gasteiger partial charge in [-0.1, -0.05) is 6.92 Å². The average molecular weight is 449 g/mol. The molecule has 1 unspecified atom stereocenters. The Morgan fingerprint density at radius 3 is 2.47 bits per heavy atom. The minimum Gasteiger partial charge on any atom is -0.384 e. The van der Waals surface area contributed by atoms with Gasteiger partial charge in [-0.2, -0.15) is 0 Å². The van der Waals surface area contributed by atoms with Gasteiger partial charge in [-0.05, 0) is 31.5 Å². The van der Waals surface area contributed by atoms with Crippen LogP contribution >= 0.6 is 0 Å². The van der Waals surface area contributed by atoms with Crippen molar-refractivity contribution in [1.82, 2.24) is 19.4 Å². The molecule has 10 nitrogen and oxygen atoms in total. The average Bonchev–Trinajstić information content (AvgIpc) is 2.95. The molecule has 1 saturated heterocycles. The number of benzene rings is 1. The van der Waals surface area contributed by atoms with Crippen molar-refractivity contribution < 1.29 is 23.2 Å². The van der Waals surface area contributed by atoms with Crippen molar-refractivity contribution in [1.29, 1.82) is 0 Å². The quantitative estimate of drug-likeness (QED) is 0.486. The molecule has 1 aromatic heterocycles. The number of amides is 3. The number of urea groups is 1. The molecule has 1 atom stereocenters. The molecular weight excluding hydrogens is 428 g/mol. The topological polar surface area (TPSA) is 136 Å². The molecule has 3 rings (SSSR count). The van der Waals surface area contributed by atoms with Crippen LogP contribution in [0.2, 0.25) is 0 Å². The second kappa shape index (κ2) is 8.02. The molecule has 0 aliphatic carbocycles. The fourth-order valence-electron chi connectivity index (χ4n) is 3.61. The Morgan fingerprint density at radius 1 is 1.19 bits per heavy atom. The lowest BCUT2D eigenvalue weighted by atomic mass is 9.91. The predicted molar refractivity (Wildman–Crippen MR) is 109 cm³/mol. The molecule has 32 heavy (non-hydrogen) atoms. The van der Waals surface area contributed by atoms with Gasteiger partial charge in [-0.15, -0.1) is 0 Å². The van der Waals surface area contributed by atoms with E-state index in [1.807, 2.05) is 0 Å². The van der Waals surface area contributed by atoms with Gasteiger partial charge in [0.1, 0.15) is 28.6 Å². The van der Waals surface area contributed by atoms with Gasteiger partial charge in [-0.25, -0.2) is 18.4 Å². The zero-order chi connectivity index (χ0) is 24.0. The fourth-order valence-corrected chi connectivity index (χ4v) is 3.61. The molecule has 12 heteroatoms. The number of nitrogens with one attached hydrogen (secondary N) is 1. The van der Waals surface area contributed by atoms with Crippen LogP contribution in [-0.4, -0.2) is 38.3 Å². The van der Waals surface area contributed by atoms with Gasteiger partial charge in [0.15, 0.2) is 5.78 Å². The van der Waals surface area contributed by atoms with Crippen molar-refractivity contribution in [3.63, 3.8) is 0 Å². The highest BCUT2D eigenvalue weighted by Crippen LogP contribution is 2.31. The van der Waals surface area contributed by atoms with Gasteiger partial charge in [0, 0.05) is 19.2 Å². The maximum atomic E-state index is 14.3. The summed E-state index contributed by atoms with van der Waals surface area (Å²) in [6, 6.07) is 1.40. The van der Waals surface area contributed by atoms with Crippen LogP contribution in [0.4, 0.5) is 19.4 Å². The number of nitrogen functional groups attached to an aromatic ring is 1. The van der Waals surface area contributed by atoms with E-state index in [0.29, 0.717) is 15.9 Å². The number of anilines is 1. The lowest BCUT2D eigenvalue weighted by molar-refractivity contribution is -0.130. The lowest BCUT2D eigenvalue weighted by Gasteiger charge is -2.22. The molecule has 0 spiro atoms. The first-order chi connectivity index (χ1) is 14.9. The predicted octanol–water partition coefficient (Wildman–Crippen LogP) is 0.467. The molecule has 1 aromatic carbocycles. The monoisotopic (exact) mass is 449 g/mol. The third-order valence-corrected chi connectivity index (χ3v) is 5.35. The van der Waals surface area contributed by atoms with Crippen LogP contribution in [0.5, 0.6) is 0 Å². The lowest BCUT2D eigenvalue weighted by Crippen LogP contribution is -2.45. The molecule has 0 bridgehead atoms. The van der Waals surface area contributed by atoms with Gasteiger partial charge < -0.3 is 11.1 Å². The van der Waals surface area contributed by atoms with Crippen LogP contribution < -0.4 is 22.3 Å². The first-order valence-electron chi connectivity index (χ1n) is 9.66. The van der Waals surface area contributed by atoms with Crippen molar-refractivity contribution in [2.45, 2.75) is 32.4 Å². The van der Waals surface area contributed by atoms with E-state index in [2.05, 4.69) is 5.32 Å². The highest BCUT2D eigenvalue weighted by Gasteiger charge is 2.51. The Morgan fingerprint density at radius 2 is 1.84 bits per heavy atom. The minimum atomic E-state index is -1.97. The van der Waals surface area contributed by atoms with E-state index in [1.165, 1.54) is 14.0 Å². The van der Waals surface area contributed by atoms with Crippen LogP contribution in [0.15, 0.2) is 27.8 Å². The number of imide groups is 1. The Hall–Kier alpha value is -3.83. The van der Waals surface area contributed by atoms with Gasteiger partial charge in [0.2, 0.25) is 0 Å². The third kappa shape index (κ3) is 3.47.